The first kappa shape index (κ1) is 12.3. The summed E-state index contributed by atoms with van der Waals surface area (Å²) in [6.07, 6.45) is 1.19. The van der Waals surface area contributed by atoms with Crippen molar-refractivity contribution < 1.29 is 17.9 Å². The van der Waals surface area contributed by atoms with Gasteiger partial charge in [-0.1, -0.05) is 0 Å². The van der Waals surface area contributed by atoms with Crippen LogP contribution in [-0.4, -0.2) is 25.7 Å². The predicted octanol–water partition coefficient (Wildman–Crippen LogP) is 0.211. The number of rotatable bonds is 4. The van der Waals surface area contributed by atoms with Crippen LogP contribution < -0.4 is 10.5 Å². The summed E-state index contributed by atoms with van der Waals surface area (Å²) in [4.78, 5) is -0.101. The van der Waals surface area contributed by atoms with Gasteiger partial charge in [-0.2, -0.15) is 0 Å². The van der Waals surface area contributed by atoms with Crippen LogP contribution in [0.25, 0.3) is 0 Å². The molecule has 0 aromatic heterocycles. The fraction of sp³-hybridized carbons (Fsp3) is 0.400. The van der Waals surface area contributed by atoms with E-state index in [9.17, 15) is 12.8 Å². The van der Waals surface area contributed by atoms with E-state index >= 15 is 0 Å². The second-order valence-electron chi connectivity index (χ2n) is 4.23. The average molecular weight is 260 g/mol. The van der Waals surface area contributed by atoms with Gasteiger partial charge in [0.15, 0.2) is 0 Å². The first-order valence-electron chi connectivity index (χ1n) is 5.08. The topological polar surface area (TPSA) is 92.4 Å². The van der Waals surface area contributed by atoms with Gasteiger partial charge >= 0.3 is 0 Å². The molecule has 1 aliphatic carbocycles. The molecule has 0 unspecified atom stereocenters. The zero-order valence-electron chi connectivity index (χ0n) is 8.98. The zero-order valence-corrected chi connectivity index (χ0v) is 9.80. The summed E-state index contributed by atoms with van der Waals surface area (Å²) in [6.45, 7) is -0.247. The largest absolute Gasteiger partial charge is 0.396 e. The number of aliphatic hydroxyl groups is 1. The van der Waals surface area contributed by atoms with Crippen LogP contribution in [0.5, 0.6) is 0 Å². The summed E-state index contributed by atoms with van der Waals surface area (Å²) in [5, 5.41) is 9.05. The van der Waals surface area contributed by atoms with Gasteiger partial charge in [0.1, 0.15) is 5.82 Å². The third-order valence-corrected chi connectivity index (χ3v) is 4.36. The summed E-state index contributed by atoms with van der Waals surface area (Å²) < 4.78 is 39.1. The Balaban J connectivity index is 2.29. The number of halogens is 1. The summed E-state index contributed by atoms with van der Waals surface area (Å²) in [6, 6.07) is 3.20. The van der Waals surface area contributed by atoms with Gasteiger partial charge in [-0.3, -0.25) is 0 Å². The molecule has 1 aliphatic rings. The molecule has 94 valence electrons. The maximum atomic E-state index is 12.9. The number of hydrogen-bond acceptors (Lipinski definition) is 4. The molecule has 0 radical (unpaired) electrons. The standard InChI is InChI=1S/C10H13FN2O3S/c11-8-2-1-7(5-9(8)12)17(15,16)13-10(6-14)3-4-10/h1-2,5,13-14H,3-4,6,12H2. The minimum Gasteiger partial charge on any atom is -0.396 e. The zero-order chi connectivity index (χ0) is 12.7. The lowest BCUT2D eigenvalue weighted by molar-refractivity contribution is 0.246. The molecule has 4 N–H and O–H groups in total. The van der Waals surface area contributed by atoms with E-state index in [0.29, 0.717) is 12.8 Å². The van der Waals surface area contributed by atoms with Crippen molar-refractivity contribution in [1.29, 1.82) is 0 Å². The molecule has 0 saturated heterocycles. The van der Waals surface area contributed by atoms with E-state index in [2.05, 4.69) is 4.72 Å². The lowest BCUT2D eigenvalue weighted by atomic mass is 10.3. The molecule has 1 aromatic carbocycles. The maximum Gasteiger partial charge on any atom is 0.241 e. The van der Waals surface area contributed by atoms with Crippen molar-refractivity contribution in [3.8, 4) is 0 Å². The molecule has 1 fully saturated rings. The van der Waals surface area contributed by atoms with Crippen LogP contribution in [0.15, 0.2) is 23.1 Å². The van der Waals surface area contributed by atoms with Crippen LogP contribution in [0.3, 0.4) is 0 Å². The van der Waals surface area contributed by atoms with E-state index < -0.39 is 21.4 Å². The minimum atomic E-state index is -3.76. The van der Waals surface area contributed by atoms with E-state index in [1.165, 1.54) is 0 Å². The minimum absolute atomic E-state index is 0.101. The summed E-state index contributed by atoms with van der Waals surface area (Å²) in [5.74, 6) is -0.660. The number of anilines is 1. The van der Waals surface area contributed by atoms with Crippen molar-refractivity contribution in [2.24, 2.45) is 0 Å². The summed E-state index contributed by atoms with van der Waals surface area (Å²) in [5.41, 5.74) is 4.34. The molecule has 0 atom stereocenters. The Hall–Kier alpha value is -1.18. The smallest absolute Gasteiger partial charge is 0.241 e. The lowest BCUT2D eigenvalue weighted by Crippen LogP contribution is -2.39. The summed E-state index contributed by atoms with van der Waals surface area (Å²) in [7, 11) is -3.76. The van der Waals surface area contributed by atoms with Crippen LogP contribution in [-0.2, 0) is 10.0 Å². The quantitative estimate of drug-likeness (QED) is 0.675. The molecule has 17 heavy (non-hydrogen) atoms. The van der Waals surface area contributed by atoms with Crippen LogP contribution in [0.2, 0.25) is 0 Å². The molecular weight excluding hydrogens is 247 g/mol. The van der Waals surface area contributed by atoms with Crippen molar-refractivity contribution in [3.05, 3.63) is 24.0 Å². The third-order valence-electron chi connectivity index (χ3n) is 2.78. The van der Waals surface area contributed by atoms with Gasteiger partial charge in [-0.25, -0.2) is 17.5 Å². The normalized spacial score (nSPS) is 18.0. The van der Waals surface area contributed by atoms with E-state index in [1.54, 1.807) is 0 Å². The molecule has 1 aromatic rings. The molecule has 0 aliphatic heterocycles. The Morgan fingerprint density at radius 1 is 1.47 bits per heavy atom. The van der Waals surface area contributed by atoms with Crippen molar-refractivity contribution in [3.63, 3.8) is 0 Å². The Bertz CT molecular complexity index is 540. The molecule has 1 saturated carbocycles. The van der Waals surface area contributed by atoms with E-state index in [0.717, 1.165) is 18.2 Å². The van der Waals surface area contributed by atoms with E-state index in [1.807, 2.05) is 0 Å². The molecular formula is C10H13FN2O3S. The number of benzene rings is 1. The molecule has 0 spiro atoms. The number of nitrogen functional groups attached to an aromatic ring is 1. The van der Waals surface area contributed by atoms with Crippen LogP contribution in [0, 0.1) is 5.82 Å². The Morgan fingerprint density at radius 2 is 2.12 bits per heavy atom. The highest BCUT2D eigenvalue weighted by molar-refractivity contribution is 7.89. The fourth-order valence-corrected chi connectivity index (χ4v) is 2.96. The molecule has 5 nitrogen and oxygen atoms in total. The van der Waals surface area contributed by atoms with Crippen molar-refractivity contribution in [2.75, 3.05) is 12.3 Å². The highest BCUT2D eigenvalue weighted by atomic mass is 32.2. The molecule has 2 rings (SSSR count). The molecule has 0 amide bonds. The Labute approximate surface area is 98.5 Å². The fourth-order valence-electron chi connectivity index (χ4n) is 1.48. The van der Waals surface area contributed by atoms with Crippen molar-refractivity contribution in [2.45, 2.75) is 23.3 Å². The average Bonchev–Trinajstić information content (AvgIpc) is 3.02. The Kier molecular flexibility index (Phi) is 2.84. The van der Waals surface area contributed by atoms with Gasteiger partial charge in [-0.15, -0.1) is 0 Å². The highest BCUT2D eigenvalue weighted by Crippen LogP contribution is 2.36. The second-order valence-corrected chi connectivity index (χ2v) is 5.91. The van der Waals surface area contributed by atoms with Crippen LogP contribution >= 0.6 is 0 Å². The summed E-state index contributed by atoms with van der Waals surface area (Å²) >= 11 is 0. The third kappa shape index (κ3) is 2.41. The molecule has 0 heterocycles. The molecule has 7 heteroatoms. The SMILES string of the molecule is Nc1cc(S(=O)(=O)NC2(CO)CC2)ccc1F. The van der Waals surface area contributed by atoms with E-state index in [-0.39, 0.29) is 17.2 Å². The highest BCUT2D eigenvalue weighted by Gasteiger charge is 2.45. The first-order chi connectivity index (χ1) is 7.88. The number of nitrogens with two attached hydrogens (primary N) is 1. The maximum absolute atomic E-state index is 12.9. The van der Waals surface area contributed by atoms with Crippen LogP contribution in [0.1, 0.15) is 12.8 Å². The van der Waals surface area contributed by atoms with Gasteiger partial charge in [0.25, 0.3) is 0 Å². The number of aliphatic hydroxyl groups excluding tert-OH is 1. The monoisotopic (exact) mass is 260 g/mol. The van der Waals surface area contributed by atoms with Gasteiger partial charge in [0.05, 0.1) is 22.7 Å². The van der Waals surface area contributed by atoms with Gasteiger partial charge in [0.2, 0.25) is 10.0 Å². The predicted molar refractivity (Wildman–Crippen MR) is 60.2 cm³/mol. The number of sulfonamides is 1. The van der Waals surface area contributed by atoms with E-state index in [4.69, 9.17) is 10.8 Å². The van der Waals surface area contributed by atoms with Gasteiger partial charge in [-0.05, 0) is 31.0 Å². The van der Waals surface area contributed by atoms with Gasteiger partial charge in [0, 0.05) is 0 Å². The molecule has 0 bridgehead atoms. The number of hydrogen-bond donors (Lipinski definition) is 3. The second kappa shape index (κ2) is 3.94. The number of nitrogens with one attached hydrogen (secondary N) is 1. The van der Waals surface area contributed by atoms with Crippen molar-refractivity contribution in [1.82, 2.24) is 4.72 Å². The first-order valence-corrected chi connectivity index (χ1v) is 6.57. The van der Waals surface area contributed by atoms with Crippen LogP contribution in [0.4, 0.5) is 10.1 Å². The lowest BCUT2D eigenvalue weighted by Gasteiger charge is -2.14. The van der Waals surface area contributed by atoms with Crippen molar-refractivity contribution >= 4 is 15.7 Å². The van der Waals surface area contributed by atoms with Gasteiger partial charge < -0.3 is 10.8 Å². The Morgan fingerprint density at radius 3 is 2.59 bits per heavy atom.